The normalized spacial score (nSPS) is 19.0. The van der Waals surface area contributed by atoms with Crippen molar-refractivity contribution in [2.45, 2.75) is 71.4 Å². The van der Waals surface area contributed by atoms with Crippen LogP contribution in [0.2, 0.25) is 0 Å². The highest BCUT2D eigenvalue weighted by molar-refractivity contribution is 9.10. The lowest BCUT2D eigenvalue weighted by atomic mass is 9.89. The predicted molar refractivity (Wildman–Crippen MR) is 86.3 cm³/mol. The van der Waals surface area contributed by atoms with Crippen molar-refractivity contribution in [1.82, 2.24) is 15.2 Å². The number of hydrazine groups is 1. The largest absolute Gasteiger partial charge is 0.271 e. The number of nitrogens with zero attached hydrogens (tertiary/aromatic N) is 2. The lowest BCUT2D eigenvalue weighted by Crippen LogP contribution is -2.42. The molecule has 1 aromatic heterocycles. The van der Waals surface area contributed by atoms with E-state index in [-0.39, 0.29) is 0 Å². The molecule has 4 nitrogen and oxygen atoms in total. The van der Waals surface area contributed by atoms with Crippen molar-refractivity contribution in [3.8, 4) is 0 Å². The predicted octanol–water partition coefficient (Wildman–Crippen LogP) is 3.32. The summed E-state index contributed by atoms with van der Waals surface area (Å²) in [6.07, 6.45) is 8.99. The van der Waals surface area contributed by atoms with Crippen LogP contribution in [0.1, 0.15) is 56.8 Å². The third-order valence-corrected chi connectivity index (χ3v) is 5.58. The summed E-state index contributed by atoms with van der Waals surface area (Å²) in [4.78, 5) is 0. The van der Waals surface area contributed by atoms with E-state index < -0.39 is 0 Å². The molecular formula is C15H27BrN4. The lowest BCUT2D eigenvalue weighted by Gasteiger charge is -2.26. The van der Waals surface area contributed by atoms with Gasteiger partial charge in [-0.05, 0) is 48.5 Å². The molecule has 1 unspecified atom stereocenters. The van der Waals surface area contributed by atoms with E-state index >= 15 is 0 Å². The standard InChI is InChI=1S/C15H27BrN4/c1-3-20-14(15(16)11(2)19-20)10-13(18-17)12-8-6-4-5-7-9-12/h12-13,18H,3-10,17H2,1-2H3. The van der Waals surface area contributed by atoms with Crippen LogP contribution in [0, 0.1) is 12.8 Å². The van der Waals surface area contributed by atoms with E-state index in [2.05, 4.69) is 45.0 Å². The molecule has 20 heavy (non-hydrogen) atoms. The molecule has 1 aliphatic rings. The number of hydrogen-bond acceptors (Lipinski definition) is 3. The highest BCUT2D eigenvalue weighted by Crippen LogP contribution is 2.29. The second-order valence-electron chi connectivity index (χ2n) is 5.89. The van der Waals surface area contributed by atoms with Gasteiger partial charge in [-0.15, -0.1) is 0 Å². The van der Waals surface area contributed by atoms with E-state index in [1.54, 1.807) is 0 Å². The maximum absolute atomic E-state index is 5.86. The van der Waals surface area contributed by atoms with Gasteiger partial charge in [0.1, 0.15) is 0 Å². The Labute approximate surface area is 130 Å². The van der Waals surface area contributed by atoms with Crippen molar-refractivity contribution in [2.75, 3.05) is 0 Å². The van der Waals surface area contributed by atoms with Crippen LogP contribution in [-0.4, -0.2) is 15.8 Å². The molecule has 2 rings (SSSR count). The van der Waals surface area contributed by atoms with Crippen molar-refractivity contribution in [2.24, 2.45) is 11.8 Å². The van der Waals surface area contributed by atoms with Gasteiger partial charge in [-0.2, -0.15) is 5.10 Å². The number of halogens is 1. The van der Waals surface area contributed by atoms with Crippen LogP contribution in [-0.2, 0) is 13.0 Å². The summed E-state index contributed by atoms with van der Waals surface area (Å²) < 4.78 is 3.24. The van der Waals surface area contributed by atoms with Gasteiger partial charge in [0.15, 0.2) is 0 Å². The van der Waals surface area contributed by atoms with E-state index in [0.717, 1.165) is 23.1 Å². The van der Waals surface area contributed by atoms with Crippen molar-refractivity contribution in [1.29, 1.82) is 0 Å². The minimum Gasteiger partial charge on any atom is -0.271 e. The molecule has 1 aliphatic carbocycles. The number of hydrogen-bond donors (Lipinski definition) is 2. The fraction of sp³-hybridized carbons (Fsp3) is 0.800. The average Bonchev–Trinajstić information content (AvgIpc) is 2.67. The molecule has 1 saturated carbocycles. The molecule has 0 radical (unpaired) electrons. The van der Waals surface area contributed by atoms with Gasteiger partial charge in [0, 0.05) is 19.0 Å². The minimum absolute atomic E-state index is 0.353. The van der Waals surface area contributed by atoms with Gasteiger partial charge in [0.25, 0.3) is 0 Å². The SMILES string of the molecule is CCn1nc(C)c(Br)c1CC(NN)C1CCCCCC1. The first kappa shape index (κ1) is 16.0. The van der Waals surface area contributed by atoms with Gasteiger partial charge < -0.3 is 0 Å². The second-order valence-corrected chi connectivity index (χ2v) is 6.68. The van der Waals surface area contributed by atoms with E-state index in [1.807, 2.05) is 0 Å². The quantitative estimate of drug-likeness (QED) is 0.490. The Balaban J connectivity index is 2.13. The van der Waals surface area contributed by atoms with E-state index in [0.29, 0.717) is 12.0 Å². The van der Waals surface area contributed by atoms with Gasteiger partial charge in [0.2, 0.25) is 0 Å². The van der Waals surface area contributed by atoms with Crippen LogP contribution in [0.5, 0.6) is 0 Å². The van der Waals surface area contributed by atoms with E-state index in [9.17, 15) is 0 Å². The maximum Gasteiger partial charge on any atom is 0.0738 e. The number of aryl methyl sites for hydroxylation is 2. The van der Waals surface area contributed by atoms with Crippen molar-refractivity contribution in [3.63, 3.8) is 0 Å². The molecule has 0 bridgehead atoms. The maximum atomic E-state index is 5.86. The Morgan fingerprint density at radius 1 is 1.35 bits per heavy atom. The Hall–Kier alpha value is -0.390. The fourth-order valence-electron chi connectivity index (χ4n) is 3.35. The van der Waals surface area contributed by atoms with Gasteiger partial charge in [-0.3, -0.25) is 16.0 Å². The van der Waals surface area contributed by atoms with E-state index in [4.69, 9.17) is 5.84 Å². The molecule has 0 aliphatic heterocycles. The average molecular weight is 343 g/mol. The van der Waals surface area contributed by atoms with Gasteiger partial charge in [0.05, 0.1) is 15.9 Å². The summed E-state index contributed by atoms with van der Waals surface area (Å²) in [7, 11) is 0. The molecule has 1 atom stereocenters. The lowest BCUT2D eigenvalue weighted by molar-refractivity contribution is 0.315. The summed E-state index contributed by atoms with van der Waals surface area (Å²) in [5.41, 5.74) is 5.42. The summed E-state index contributed by atoms with van der Waals surface area (Å²) in [5.74, 6) is 6.55. The number of nitrogens with one attached hydrogen (secondary N) is 1. The Morgan fingerprint density at radius 3 is 2.55 bits per heavy atom. The number of aromatic nitrogens is 2. The summed E-state index contributed by atoms with van der Waals surface area (Å²) in [6.45, 7) is 5.10. The molecule has 1 aromatic rings. The second kappa shape index (κ2) is 7.57. The third-order valence-electron chi connectivity index (χ3n) is 4.55. The van der Waals surface area contributed by atoms with Gasteiger partial charge in [-0.25, -0.2) is 0 Å². The molecule has 0 amide bonds. The Bertz CT molecular complexity index is 422. The Morgan fingerprint density at radius 2 is 2.00 bits per heavy atom. The molecule has 0 saturated heterocycles. The topological polar surface area (TPSA) is 55.9 Å². The zero-order valence-electron chi connectivity index (χ0n) is 12.7. The van der Waals surface area contributed by atoms with Gasteiger partial charge in [-0.1, -0.05) is 25.7 Å². The van der Waals surface area contributed by atoms with E-state index in [1.165, 1.54) is 44.2 Å². The summed E-state index contributed by atoms with van der Waals surface area (Å²) >= 11 is 3.69. The highest BCUT2D eigenvalue weighted by atomic mass is 79.9. The monoisotopic (exact) mass is 342 g/mol. The summed E-state index contributed by atoms with van der Waals surface area (Å²) in [5, 5.41) is 4.58. The minimum atomic E-state index is 0.353. The molecule has 1 heterocycles. The van der Waals surface area contributed by atoms with Crippen LogP contribution in [0.25, 0.3) is 0 Å². The first-order chi connectivity index (χ1) is 9.67. The summed E-state index contributed by atoms with van der Waals surface area (Å²) in [6, 6.07) is 0.353. The van der Waals surface area contributed by atoms with Crippen LogP contribution in [0.3, 0.4) is 0 Å². The number of nitrogens with two attached hydrogens (primary N) is 1. The van der Waals surface area contributed by atoms with Crippen LogP contribution >= 0.6 is 15.9 Å². The van der Waals surface area contributed by atoms with Crippen LogP contribution in [0.15, 0.2) is 4.47 Å². The van der Waals surface area contributed by atoms with Crippen molar-refractivity contribution < 1.29 is 0 Å². The molecule has 3 N–H and O–H groups in total. The first-order valence-electron chi connectivity index (χ1n) is 7.85. The molecular weight excluding hydrogens is 316 g/mol. The van der Waals surface area contributed by atoms with Crippen molar-refractivity contribution in [3.05, 3.63) is 15.9 Å². The van der Waals surface area contributed by atoms with Crippen molar-refractivity contribution >= 4 is 15.9 Å². The molecule has 5 heteroatoms. The van der Waals surface area contributed by atoms with Gasteiger partial charge >= 0.3 is 0 Å². The third kappa shape index (κ3) is 3.62. The first-order valence-corrected chi connectivity index (χ1v) is 8.64. The van der Waals surface area contributed by atoms with Crippen LogP contribution in [0.4, 0.5) is 0 Å². The van der Waals surface area contributed by atoms with Crippen LogP contribution < -0.4 is 11.3 Å². The number of rotatable bonds is 5. The molecule has 0 spiro atoms. The molecule has 114 valence electrons. The molecule has 1 fully saturated rings. The zero-order chi connectivity index (χ0) is 14.5. The Kier molecular flexibility index (Phi) is 6.05. The fourth-order valence-corrected chi connectivity index (χ4v) is 3.79. The highest BCUT2D eigenvalue weighted by Gasteiger charge is 2.25. The zero-order valence-corrected chi connectivity index (χ0v) is 14.2. The molecule has 0 aromatic carbocycles. The smallest absolute Gasteiger partial charge is 0.0738 e.